The van der Waals surface area contributed by atoms with Crippen molar-refractivity contribution in [3.8, 4) is 11.1 Å². The summed E-state index contributed by atoms with van der Waals surface area (Å²) in [5, 5.41) is 0. The molecule has 23 heavy (non-hydrogen) atoms. The molecule has 1 unspecified atom stereocenters. The highest BCUT2D eigenvalue weighted by Gasteiger charge is 2.28. The Morgan fingerprint density at radius 1 is 0.870 bits per heavy atom. The van der Waals surface area contributed by atoms with Gasteiger partial charge in [-0.15, -0.1) is 0 Å². The minimum absolute atomic E-state index is 0.621. The number of nitrogens with zero attached hydrogens (tertiary/aromatic N) is 2. The van der Waals surface area contributed by atoms with Crippen molar-refractivity contribution in [2.75, 3.05) is 33.2 Å². The maximum Gasteiger partial charge on any atom is 0.0352 e. The molecule has 1 heterocycles. The quantitative estimate of drug-likeness (QED) is 0.828. The van der Waals surface area contributed by atoms with E-state index in [-0.39, 0.29) is 0 Å². The predicted octanol–water partition coefficient (Wildman–Crippen LogP) is 3.98. The Morgan fingerprint density at radius 3 is 2.43 bits per heavy atom. The molecule has 1 fully saturated rings. The van der Waals surface area contributed by atoms with Gasteiger partial charge in [0.2, 0.25) is 0 Å². The van der Waals surface area contributed by atoms with E-state index in [0.717, 1.165) is 0 Å². The Hall–Kier alpha value is -1.64. The fourth-order valence-electron chi connectivity index (χ4n) is 4.10. The molecule has 2 aromatic rings. The second kappa shape index (κ2) is 6.46. The molecule has 0 spiro atoms. The zero-order valence-electron chi connectivity index (χ0n) is 14.0. The van der Waals surface area contributed by atoms with E-state index in [0.29, 0.717) is 6.04 Å². The van der Waals surface area contributed by atoms with Gasteiger partial charge in [0.05, 0.1) is 0 Å². The van der Waals surface area contributed by atoms with Crippen molar-refractivity contribution in [2.24, 2.45) is 0 Å². The van der Waals surface area contributed by atoms with E-state index in [9.17, 15) is 0 Å². The van der Waals surface area contributed by atoms with Crippen LogP contribution in [-0.4, -0.2) is 43.0 Å². The third-order valence-corrected chi connectivity index (χ3v) is 5.51. The van der Waals surface area contributed by atoms with Crippen molar-refractivity contribution in [1.29, 1.82) is 0 Å². The van der Waals surface area contributed by atoms with Crippen molar-refractivity contribution in [1.82, 2.24) is 9.80 Å². The molecule has 0 amide bonds. The molecule has 0 N–H and O–H groups in total. The molecule has 1 atom stereocenters. The lowest BCUT2D eigenvalue weighted by atomic mass is 9.84. The molecule has 120 valence electrons. The third-order valence-electron chi connectivity index (χ3n) is 5.51. The Labute approximate surface area is 139 Å². The van der Waals surface area contributed by atoms with Crippen molar-refractivity contribution in [2.45, 2.75) is 25.3 Å². The number of rotatable bonds is 2. The SMILES string of the molecule is CN1CCN(C2CCCc3ccc(-c4ccccc4)cc32)CC1. The largest absolute Gasteiger partial charge is 0.304 e. The van der Waals surface area contributed by atoms with E-state index in [1.165, 1.54) is 56.6 Å². The van der Waals surface area contributed by atoms with Crippen LogP contribution in [0.15, 0.2) is 48.5 Å². The lowest BCUT2D eigenvalue weighted by Gasteiger charge is -2.40. The minimum Gasteiger partial charge on any atom is -0.304 e. The van der Waals surface area contributed by atoms with E-state index < -0.39 is 0 Å². The first-order valence-electron chi connectivity index (χ1n) is 8.92. The van der Waals surface area contributed by atoms with E-state index in [4.69, 9.17) is 0 Å². The molecule has 2 aliphatic rings. The topological polar surface area (TPSA) is 6.48 Å². The fraction of sp³-hybridized carbons (Fsp3) is 0.429. The first-order chi connectivity index (χ1) is 11.3. The maximum absolute atomic E-state index is 2.72. The average molecular weight is 306 g/mol. The first kappa shape index (κ1) is 14.9. The Morgan fingerprint density at radius 2 is 1.65 bits per heavy atom. The van der Waals surface area contributed by atoms with Gasteiger partial charge in [0.15, 0.2) is 0 Å². The number of benzene rings is 2. The Bertz CT molecular complexity index is 657. The van der Waals surface area contributed by atoms with Crippen LogP contribution in [0.25, 0.3) is 11.1 Å². The predicted molar refractivity (Wildman–Crippen MR) is 96.6 cm³/mol. The van der Waals surface area contributed by atoms with Crippen molar-refractivity contribution in [3.05, 3.63) is 59.7 Å². The van der Waals surface area contributed by atoms with Crippen molar-refractivity contribution >= 4 is 0 Å². The van der Waals surface area contributed by atoms with Crippen molar-refractivity contribution in [3.63, 3.8) is 0 Å². The highest BCUT2D eigenvalue weighted by atomic mass is 15.3. The van der Waals surface area contributed by atoms with E-state index in [2.05, 4.69) is 65.4 Å². The van der Waals surface area contributed by atoms with Gasteiger partial charge in [-0.2, -0.15) is 0 Å². The highest BCUT2D eigenvalue weighted by molar-refractivity contribution is 5.65. The summed E-state index contributed by atoms with van der Waals surface area (Å²) in [4.78, 5) is 5.16. The number of hydrogen-bond donors (Lipinski definition) is 0. The molecule has 4 rings (SSSR count). The van der Waals surface area contributed by atoms with Gasteiger partial charge >= 0.3 is 0 Å². The molecule has 1 saturated heterocycles. The number of piperazine rings is 1. The fourth-order valence-corrected chi connectivity index (χ4v) is 4.10. The Kier molecular flexibility index (Phi) is 4.19. The number of fused-ring (bicyclic) bond motifs is 1. The molecule has 0 aromatic heterocycles. The summed E-state index contributed by atoms with van der Waals surface area (Å²) in [5.41, 5.74) is 5.85. The van der Waals surface area contributed by atoms with Gasteiger partial charge in [-0.25, -0.2) is 0 Å². The van der Waals surface area contributed by atoms with Crippen LogP contribution in [0.1, 0.15) is 30.0 Å². The van der Waals surface area contributed by atoms with Gasteiger partial charge in [0, 0.05) is 32.2 Å². The van der Waals surface area contributed by atoms with Crippen LogP contribution in [0.5, 0.6) is 0 Å². The van der Waals surface area contributed by atoms with Gasteiger partial charge in [0.25, 0.3) is 0 Å². The lowest BCUT2D eigenvalue weighted by molar-refractivity contribution is 0.102. The standard InChI is InChI=1S/C21H26N2/c1-22-12-14-23(15-13-22)21-9-5-8-18-10-11-19(16-20(18)21)17-6-3-2-4-7-17/h2-4,6-7,10-11,16,21H,5,8-9,12-15H2,1H3. The number of likely N-dealkylation sites (N-methyl/N-ethyl adjacent to an activating group) is 1. The third kappa shape index (κ3) is 3.06. The number of aryl methyl sites for hydroxylation is 1. The van der Waals surface area contributed by atoms with Crippen LogP contribution in [0, 0.1) is 0 Å². The lowest BCUT2D eigenvalue weighted by Crippen LogP contribution is -2.46. The van der Waals surface area contributed by atoms with Crippen LogP contribution in [0.3, 0.4) is 0 Å². The molecule has 2 heteroatoms. The average Bonchev–Trinajstić information content (AvgIpc) is 2.62. The summed E-state index contributed by atoms with van der Waals surface area (Å²) in [6, 6.07) is 18.6. The van der Waals surface area contributed by atoms with E-state index >= 15 is 0 Å². The van der Waals surface area contributed by atoms with Gasteiger partial charge in [-0.3, -0.25) is 4.90 Å². The van der Waals surface area contributed by atoms with Crippen LogP contribution in [-0.2, 0) is 6.42 Å². The van der Waals surface area contributed by atoms with E-state index in [1.54, 1.807) is 11.1 Å². The molecular formula is C21H26N2. The van der Waals surface area contributed by atoms with E-state index in [1.807, 2.05) is 0 Å². The number of hydrogen-bond acceptors (Lipinski definition) is 2. The molecule has 0 saturated carbocycles. The van der Waals surface area contributed by atoms with Crippen LogP contribution >= 0.6 is 0 Å². The van der Waals surface area contributed by atoms with Gasteiger partial charge in [-0.1, -0.05) is 42.5 Å². The smallest absolute Gasteiger partial charge is 0.0352 e. The molecule has 1 aliphatic carbocycles. The normalized spacial score (nSPS) is 22.7. The summed E-state index contributed by atoms with van der Waals surface area (Å²) < 4.78 is 0. The highest BCUT2D eigenvalue weighted by Crippen LogP contribution is 2.37. The second-order valence-corrected chi connectivity index (χ2v) is 7.03. The minimum atomic E-state index is 0.621. The van der Waals surface area contributed by atoms with Crippen LogP contribution in [0.4, 0.5) is 0 Å². The zero-order valence-corrected chi connectivity index (χ0v) is 14.0. The molecule has 2 aromatic carbocycles. The monoisotopic (exact) mass is 306 g/mol. The summed E-state index contributed by atoms with van der Waals surface area (Å²) in [7, 11) is 2.24. The van der Waals surface area contributed by atoms with Crippen LogP contribution in [0.2, 0.25) is 0 Å². The summed E-state index contributed by atoms with van der Waals surface area (Å²) in [5.74, 6) is 0. The summed E-state index contributed by atoms with van der Waals surface area (Å²) >= 11 is 0. The van der Waals surface area contributed by atoms with Crippen molar-refractivity contribution < 1.29 is 0 Å². The maximum atomic E-state index is 2.72. The summed E-state index contributed by atoms with van der Waals surface area (Å²) in [6.45, 7) is 4.81. The molecule has 0 bridgehead atoms. The van der Waals surface area contributed by atoms with Gasteiger partial charge < -0.3 is 4.90 Å². The first-order valence-corrected chi connectivity index (χ1v) is 8.92. The second-order valence-electron chi connectivity index (χ2n) is 7.03. The van der Waals surface area contributed by atoms with Gasteiger partial charge in [-0.05, 0) is 54.6 Å². The molecular weight excluding hydrogens is 280 g/mol. The van der Waals surface area contributed by atoms with Gasteiger partial charge in [0.1, 0.15) is 0 Å². The zero-order chi connectivity index (χ0) is 15.6. The Balaban J connectivity index is 1.66. The summed E-state index contributed by atoms with van der Waals surface area (Å²) in [6.07, 6.45) is 3.89. The molecule has 1 aliphatic heterocycles. The molecule has 2 nitrogen and oxygen atoms in total. The van der Waals surface area contributed by atoms with Crippen LogP contribution < -0.4 is 0 Å². The molecule has 0 radical (unpaired) electrons.